The van der Waals surface area contributed by atoms with Crippen LogP contribution in [0.15, 0.2) is 47.5 Å². The summed E-state index contributed by atoms with van der Waals surface area (Å²) in [5.74, 6) is -0.0410. The van der Waals surface area contributed by atoms with Gasteiger partial charge in [0, 0.05) is 50.8 Å². The Kier molecular flexibility index (Phi) is 6.83. The minimum Gasteiger partial charge on any atom is -0.387 e. The van der Waals surface area contributed by atoms with E-state index in [4.69, 9.17) is 0 Å². The molecule has 2 saturated heterocycles. The van der Waals surface area contributed by atoms with Crippen molar-refractivity contribution < 1.29 is 14.7 Å². The number of carbonyl (C=O) groups is 2. The second-order valence-corrected chi connectivity index (χ2v) is 11.2. The van der Waals surface area contributed by atoms with Gasteiger partial charge in [-0.15, -0.1) is 0 Å². The highest BCUT2D eigenvalue weighted by molar-refractivity contribution is 5.87. The molecule has 1 N–H and O–H groups in total. The van der Waals surface area contributed by atoms with E-state index in [9.17, 15) is 19.5 Å². The molecule has 3 heterocycles. The van der Waals surface area contributed by atoms with Crippen LogP contribution in [0, 0.1) is 5.41 Å². The van der Waals surface area contributed by atoms with E-state index in [0.29, 0.717) is 38.2 Å². The lowest BCUT2D eigenvalue weighted by atomic mass is 9.66. The number of rotatable bonds is 4. The third kappa shape index (κ3) is 4.65. The quantitative estimate of drug-likeness (QED) is 0.686. The summed E-state index contributed by atoms with van der Waals surface area (Å²) in [6, 6.07) is 10.5. The molecule has 3 aliphatic rings. The molecule has 1 unspecified atom stereocenters. The molecule has 2 atom stereocenters. The third-order valence-electron chi connectivity index (χ3n) is 8.71. The average Bonchev–Trinajstić information content (AvgIpc) is 3.58. The van der Waals surface area contributed by atoms with Gasteiger partial charge in [0.15, 0.2) is 0 Å². The minimum absolute atomic E-state index is 0.0410. The van der Waals surface area contributed by atoms with Crippen molar-refractivity contribution in [3.05, 3.63) is 53.1 Å². The molecule has 3 fully saturated rings. The maximum absolute atomic E-state index is 13.6. The van der Waals surface area contributed by atoms with E-state index in [0.717, 1.165) is 37.7 Å². The summed E-state index contributed by atoms with van der Waals surface area (Å²) in [5.41, 5.74) is -0.325. The minimum atomic E-state index is -1.12. The summed E-state index contributed by atoms with van der Waals surface area (Å²) in [6.45, 7) is 1.56. The molecule has 2 aliphatic heterocycles. The van der Waals surface area contributed by atoms with Crippen LogP contribution in [0.2, 0.25) is 0 Å². The van der Waals surface area contributed by atoms with E-state index in [1.807, 2.05) is 35.2 Å². The fourth-order valence-corrected chi connectivity index (χ4v) is 6.59. The Morgan fingerprint density at radius 2 is 1.81 bits per heavy atom. The number of urea groups is 1. The predicted octanol–water partition coefficient (Wildman–Crippen LogP) is 2.58. The zero-order chi connectivity index (χ0) is 26.2. The lowest BCUT2D eigenvalue weighted by Crippen LogP contribution is -2.64. The van der Waals surface area contributed by atoms with Gasteiger partial charge in [-0.2, -0.15) is 0 Å². The number of likely N-dealkylation sites (N-methyl/N-ethyl adjacent to an activating group) is 1. The van der Waals surface area contributed by atoms with Crippen molar-refractivity contribution in [3.8, 4) is 11.3 Å². The molecule has 9 nitrogen and oxygen atoms in total. The Morgan fingerprint density at radius 1 is 1.08 bits per heavy atom. The van der Waals surface area contributed by atoms with E-state index in [-0.39, 0.29) is 24.0 Å². The molecule has 0 radical (unpaired) electrons. The zero-order valence-corrected chi connectivity index (χ0v) is 21.8. The van der Waals surface area contributed by atoms with Crippen LogP contribution in [0.5, 0.6) is 0 Å². The van der Waals surface area contributed by atoms with Gasteiger partial charge in [-0.3, -0.25) is 14.2 Å². The summed E-state index contributed by atoms with van der Waals surface area (Å²) in [4.78, 5) is 48.9. The topological polar surface area (TPSA) is 99.0 Å². The van der Waals surface area contributed by atoms with Gasteiger partial charge in [0.05, 0.1) is 24.2 Å². The fraction of sp³-hybridized carbons (Fsp3) is 0.571. The predicted molar refractivity (Wildman–Crippen MR) is 140 cm³/mol. The van der Waals surface area contributed by atoms with Crippen molar-refractivity contribution >= 4 is 11.9 Å². The molecule has 2 aromatic rings. The molecule has 1 aromatic carbocycles. The van der Waals surface area contributed by atoms with Gasteiger partial charge in [-0.25, -0.2) is 9.78 Å². The highest BCUT2D eigenvalue weighted by Crippen LogP contribution is 2.51. The number of hydrogen-bond acceptors (Lipinski definition) is 5. The fourth-order valence-electron chi connectivity index (χ4n) is 6.59. The normalized spacial score (nSPS) is 25.0. The maximum atomic E-state index is 13.6. The number of aromatic nitrogens is 2. The van der Waals surface area contributed by atoms with Crippen LogP contribution in [0.1, 0.15) is 44.9 Å². The first-order chi connectivity index (χ1) is 17.7. The van der Waals surface area contributed by atoms with Crippen LogP contribution >= 0.6 is 0 Å². The number of aliphatic hydroxyl groups is 1. The number of nitrogens with zero attached hydrogens (tertiary/aromatic N) is 5. The summed E-state index contributed by atoms with van der Waals surface area (Å²) >= 11 is 0. The first-order valence-electron chi connectivity index (χ1n) is 13.3. The summed E-state index contributed by atoms with van der Waals surface area (Å²) in [6.07, 6.45) is 6.98. The Morgan fingerprint density at radius 3 is 2.49 bits per heavy atom. The van der Waals surface area contributed by atoms with Crippen molar-refractivity contribution in [2.45, 2.75) is 63.1 Å². The Bertz CT molecular complexity index is 1210. The van der Waals surface area contributed by atoms with Gasteiger partial charge in [-0.05, 0) is 32.1 Å². The van der Waals surface area contributed by atoms with E-state index in [1.165, 1.54) is 17.0 Å². The van der Waals surface area contributed by atoms with E-state index in [1.54, 1.807) is 23.9 Å². The standard InChI is InChI=1S/C28H37N5O4/c1-30(2)25(35)23-11-8-15-33(23)26(36)31-16-14-28(37,27(18-31)12-6-7-13-27)19-32-20-29-22(17-24(32)34)21-9-4-3-5-10-21/h3-5,9-10,17,20,23,37H,6-8,11-16,18-19H2,1-2H3/t23-,28?/m0/s1. The van der Waals surface area contributed by atoms with Crippen molar-refractivity contribution in [2.24, 2.45) is 5.41 Å². The van der Waals surface area contributed by atoms with Gasteiger partial charge in [0.2, 0.25) is 5.91 Å². The van der Waals surface area contributed by atoms with E-state index < -0.39 is 17.1 Å². The first kappa shape index (κ1) is 25.4. The molecule has 1 spiro atoms. The monoisotopic (exact) mass is 507 g/mol. The van der Waals surface area contributed by atoms with Gasteiger partial charge in [0.25, 0.3) is 5.56 Å². The molecule has 9 heteroatoms. The summed E-state index contributed by atoms with van der Waals surface area (Å²) < 4.78 is 1.51. The average molecular weight is 508 g/mol. The number of piperidine rings is 1. The van der Waals surface area contributed by atoms with Gasteiger partial charge >= 0.3 is 6.03 Å². The molecular weight excluding hydrogens is 470 g/mol. The van der Waals surface area contributed by atoms with Crippen molar-refractivity contribution in [1.82, 2.24) is 24.3 Å². The largest absolute Gasteiger partial charge is 0.387 e. The first-order valence-corrected chi connectivity index (χ1v) is 13.3. The molecule has 3 amide bonds. The number of likely N-dealkylation sites (tertiary alicyclic amines) is 2. The van der Waals surface area contributed by atoms with E-state index >= 15 is 0 Å². The Labute approximate surface area is 217 Å². The van der Waals surface area contributed by atoms with E-state index in [2.05, 4.69) is 4.98 Å². The molecule has 1 saturated carbocycles. The van der Waals surface area contributed by atoms with Crippen LogP contribution in [-0.2, 0) is 11.3 Å². The molecule has 0 bridgehead atoms. The molecular formula is C28H37N5O4. The van der Waals surface area contributed by atoms with Gasteiger partial charge in [0.1, 0.15) is 6.04 Å². The number of hydrogen-bond donors (Lipinski definition) is 1. The second kappa shape index (κ2) is 9.93. The lowest BCUT2D eigenvalue weighted by molar-refractivity contribution is -0.139. The van der Waals surface area contributed by atoms with Gasteiger partial charge in [-0.1, -0.05) is 43.2 Å². The van der Waals surface area contributed by atoms with Crippen LogP contribution in [-0.4, -0.2) is 86.7 Å². The smallest absolute Gasteiger partial charge is 0.320 e. The van der Waals surface area contributed by atoms with Crippen LogP contribution in [0.3, 0.4) is 0 Å². The van der Waals surface area contributed by atoms with Crippen LogP contribution in [0.25, 0.3) is 11.3 Å². The highest BCUT2D eigenvalue weighted by atomic mass is 16.3. The van der Waals surface area contributed by atoms with Gasteiger partial charge < -0.3 is 19.8 Å². The summed E-state index contributed by atoms with van der Waals surface area (Å²) in [5, 5.41) is 12.1. The number of amides is 3. The molecule has 1 aromatic heterocycles. The third-order valence-corrected chi connectivity index (χ3v) is 8.71. The molecule has 198 valence electrons. The number of benzene rings is 1. The zero-order valence-electron chi connectivity index (χ0n) is 21.8. The maximum Gasteiger partial charge on any atom is 0.320 e. The SMILES string of the molecule is CN(C)C(=O)[C@@H]1CCCN1C(=O)N1CCC(O)(Cn2cnc(-c3ccccc3)cc2=O)C2(CCCC2)C1. The lowest BCUT2D eigenvalue weighted by Gasteiger charge is -2.53. The molecule has 1 aliphatic carbocycles. The molecule has 37 heavy (non-hydrogen) atoms. The molecule has 5 rings (SSSR count). The van der Waals surface area contributed by atoms with Crippen LogP contribution < -0.4 is 5.56 Å². The van der Waals surface area contributed by atoms with Crippen molar-refractivity contribution in [1.29, 1.82) is 0 Å². The number of carbonyl (C=O) groups excluding carboxylic acids is 2. The van der Waals surface area contributed by atoms with Crippen LogP contribution in [0.4, 0.5) is 4.79 Å². The Hall–Kier alpha value is -3.20. The Balaban J connectivity index is 1.36. The summed E-state index contributed by atoms with van der Waals surface area (Å²) in [7, 11) is 3.45. The van der Waals surface area contributed by atoms with Crippen molar-refractivity contribution in [3.63, 3.8) is 0 Å². The van der Waals surface area contributed by atoms with Crippen molar-refractivity contribution in [2.75, 3.05) is 33.7 Å². The highest BCUT2D eigenvalue weighted by Gasteiger charge is 2.56. The second-order valence-electron chi connectivity index (χ2n) is 11.2.